The summed E-state index contributed by atoms with van der Waals surface area (Å²) < 4.78 is 1.56. The maximum absolute atomic E-state index is 12.4. The van der Waals surface area contributed by atoms with Crippen molar-refractivity contribution in [2.24, 2.45) is 17.8 Å². The van der Waals surface area contributed by atoms with Crippen LogP contribution in [0.25, 0.3) is 0 Å². The molecule has 1 aliphatic rings. The van der Waals surface area contributed by atoms with Gasteiger partial charge in [-0.05, 0) is 38.0 Å². The first-order valence-corrected chi connectivity index (χ1v) is 8.61. The molecule has 0 aromatic carbocycles. The summed E-state index contributed by atoms with van der Waals surface area (Å²) in [6.45, 7) is 3.88. The van der Waals surface area contributed by atoms with E-state index in [0.29, 0.717) is 16.5 Å². The second-order valence-electron chi connectivity index (χ2n) is 6.03. The van der Waals surface area contributed by atoms with Crippen LogP contribution in [-0.2, 0) is 12.6 Å². The van der Waals surface area contributed by atoms with Gasteiger partial charge in [0, 0.05) is 19.0 Å². The van der Waals surface area contributed by atoms with Crippen molar-refractivity contribution in [1.82, 2.24) is 14.8 Å². The molecule has 2 aromatic rings. The number of aryl methyl sites for hydroxylation is 2. The van der Waals surface area contributed by atoms with Gasteiger partial charge in [0.25, 0.3) is 5.91 Å². The number of hydrogen-bond donors (Lipinski definition) is 2. The number of nitrogens with one attached hydrogen (secondary N) is 1. The third-order valence-corrected chi connectivity index (χ3v) is 4.84. The molecule has 126 valence electrons. The van der Waals surface area contributed by atoms with Crippen molar-refractivity contribution < 1.29 is 4.79 Å². The second-order valence-corrected chi connectivity index (χ2v) is 7.15. The highest BCUT2D eigenvalue weighted by molar-refractivity contribution is 8.13. The first-order chi connectivity index (χ1) is 11.4. The summed E-state index contributed by atoms with van der Waals surface area (Å²) in [5.41, 5.74) is 8.33. The number of aliphatic imine (C=N–C) groups is 1. The van der Waals surface area contributed by atoms with Crippen molar-refractivity contribution in [1.29, 1.82) is 0 Å². The van der Waals surface area contributed by atoms with Crippen LogP contribution in [0.3, 0.4) is 0 Å². The Morgan fingerprint density at radius 1 is 1.42 bits per heavy atom. The minimum atomic E-state index is -0.411. The standard InChI is InChI=1S/C16H20N6OS/c1-10-6-13(22(3)21-10)14(23)19-12-7-11(8-18-9-12)16(2)4-5-24-15(17)20-16/h6-9H,4-5H2,1-3H3,(H2,17,20)(H,19,23)/t16-/m0/s1. The fourth-order valence-electron chi connectivity index (χ4n) is 2.72. The Hall–Kier alpha value is -2.35. The third-order valence-electron chi connectivity index (χ3n) is 4.05. The fraction of sp³-hybridized carbons (Fsp3) is 0.375. The molecular weight excluding hydrogens is 324 g/mol. The Bertz CT molecular complexity index is 815. The number of carbonyl (C=O) groups excluding carboxylic acids is 1. The molecule has 1 aliphatic heterocycles. The molecule has 0 radical (unpaired) electrons. The number of thioether (sulfide) groups is 1. The molecule has 0 saturated heterocycles. The van der Waals surface area contributed by atoms with E-state index < -0.39 is 5.54 Å². The first kappa shape index (κ1) is 16.5. The quantitative estimate of drug-likeness (QED) is 0.888. The zero-order chi connectivity index (χ0) is 17.3. The van der Waals surface area contributed by atoms with Gasteiger partial charge in [0.05, 0.1) is 23.1 Å². The van der Waals surface area contributed by atoms with Crippen molar-refractivity contribution >= 4 is 28.5 Å². The maximum Gasteiger partial charge on any atom is 0.273 e. The van der Waals surface area contributed by atoms with Gasteiger partial charge in [-0.1, -0.05) is 11.8 Å². The normalized spacial score (nSPS) is 20.5. The molecule has 3 rings (SSSR count). The van der Waals surface area contributed by atoms with E-state index in [1.165, 1.54) is 0 Å². The van der Waals surface area contributed by atoms with Crippen LogP contribution in [0.4, 0.5) is 5.69 Å². The number of amides is 1. The number of amidine groups is 1. The van der Waals surface area contributed by atoms with Crippen LogP contribution in [-0.4, -0.2) is 31.6 Å². The molecule has 24 heavy (non-hydrogen) atoms. The molecule has 0 aliphatic carbocycles. The molecule has 7 nitrogen and oxygen atoms in total. The van der Waals surface area contributed by atoms with Gasteiger partial charge >= 0.3 is 0 Å². The number of aromatic nitrogens is 3. The number of carbonyl (C=O) groups is 1. The van der Waals surface area contributed by atoms with Gasteiger partial charge in [-0.25, -0.2) is 0 Å². The van der Waals surface area contributed by atoms with Gasteiger partial charge in [0.1, 0.15) is 5.69 Å². The maximum atomic E-state index is 12.4. The molecule has 0 saturated carbocycles. The summed E-state index contributed by atoms with van der Waals surface area (Å²) in [5, 5.41) is 7.65. The van der Waals surface area contributed by atoms with E-state index in [4.69, 9.17) is 5.73 Å². The van der Waals surface area contributed by atoms with Crippen molar-refractivity contribution in [3.8, 4) is 0 Å². The molecule has 3 N–H and O–H groups in total. The minimum absolute atomic E-state index is 0.218. The van der Waals surface area contributed by atoms with E-state index in [9.17, 15) is 4.79 Å². The molecule has 0 fully saturated rings. The van der Waals surface area contributed by atoms with Gasteiger partial charge in [0.2, 0.25) is 0 Å². The predicted octanol–water partition coefficient (Wildman–Crippen LogP) is 2.04. The van der Waals surface area contributed by atoms with E-state index in [1.54, 1.807) is 42.0 Å². The second kappa shape index (κ2) is 6.27. The average molecular weight is 344 g/mol. The Labute approximate surface area is 144 Å². The number of nitrogens with two attached hydrogens (primary N) is 1. The van der Waals surface area contributed by atoms with Crippen LogP contribution in [0.2, 0.25) is 0 Å². The van der Waals surface area contributed by atoms with Crippen LogP contribution >= 0.6 is 11.8 Å². The highest BCUT2D eigenvalue weighted by Crippen LogP contribution is 2.35. The molecule has 8 heteroatoms. The van der Waals surface area contributed by atoms with Gasteiger partial charge in [-0.15, -0.1) is 0 Å². The van der Waals surface area contributed by atoms with Gasteiger partial charge in [-0.3, -0.25) is 19.5 Å². The Kier molecular flexibility index (Phi) is 4.31. The summed E-state index contributed by atoms with van der Waals surface area (Å²) in [6.07, 6.45) is 4.27. The zero-order valence-corrected chi connectivity index (χ0v) is 14.7. The van der Waals surface area contributed by atoms with E-state index in [0.717, 1.165) is 23.4 Å². The highest BCUT2D eigenvalue weighted by atomic mass is 32.2. The number of anilines is 1. The smallest absolute Gasteiger partial charge is 0.273 e. The lowest BCUT2D eigenvalue weighted by Crippen LogP contribution is -2.29. The van der Waals surface area contributed by atoms with E-state index >= 15 is 0 Å². The van der Waals surface area contributed by atoms with Crippen LogP contribution in [0, 0.1) is 6.92 Å². The van der Waals surface area contributed by atoms with E-state index in [1.807, 2.05) is 19.9 Å². The monoisotopic (exact) mass is 344 g/mol. The van der Waals surface area contributed by atoms with Crippen LogP contribution in [0.1, 0.15) is 35.1 Å². The topological polar surface area (TPSA) is 98.2 Å². The Morgan fingerprint density at radius 2 is 2.21 bits per heavy atom. The number of nitrogens with zero attached hydrogens (tertiary/aromatic N) is 4. The number of pyridine rings is 1. The molecule has 3 heterocycles. The lowest BCUT2D eigenvalue weighted by molar-refractivity contribution is 0.101. The molecule has 1 atom stereocenters. The SMILES string of the molecule is Cc1cc(C(=O)Nc2cncc([C@]3(C)CCSC(N)=N3)c2)n(C)n1. The molecule has 0 spiro atoms. The van der Waals surface area contributed by atoms with E-state index in [-0.39, 0.29) is 5.91 Å². The lowest BCUT2D eigenvalue weighted by atomic mass is 9.91. The predicted molar refractivity (Wildman–Crippen MR) is 96.2 cm³/mol. The van der Waals surface area contributed by atoms with E-state index in [2.05, 4.69) is 20.4 Å². The molecule has 2 aromatic heterocycles. The van der Waals surface area contributed by atoms with Crippen molar-refractivity contribution in [2.75, 3.05) is 11.1 Å². The molecule has 0 unspecified atom stereocenters. The largest absolute Gasteiger partial charge is 0.379 e. The van der Waals surface area contributed by atoms with Crippen LogP contribution in [0.15, 0.2) is 29.5 Å². The lowest BCUT2D eigenvalue weighted by Gasteiger charge is -2.29. The molecule has 0 bridgehead atoms. The summed E-state index contributed by atoms with van der Waals surface area (Å²) >= 11 is 1.56. The van der Waals surface area contributed by atoms with Gasteiger partial charge in [0.15, 0.2) is 5.17 Å². The first-order valence-electron chi connectivity index (χ1n) is 7.63. The average Bonchev–Trinajstić information content (AvgIpc) is 2.86. The summed E-state index contributed by atoms with van der Waals surface area (Å²) in [4.78, 5) is 21.2. The van der Waals surface area contributed by atoms with Gasteiger partial charge in [-0.2, -0.15) is 5.10 Å². The fourth-order valence-corrected chi connectivity index (χ4v) is 3.69. The molecule has 1 amide bonds. The number of rotatable bonds is 3. The molecular formula is C16H20N6OS. The summed E-state index contributed by atoms with van der Waals surface area (Å²) in [7, 11) is 1.74. The Balaban J connectivity index is 1.85. The van der Waals surface area contributed by atoms with Crippen LogP contribution < -0.4 is 11.1 Å². The van der Waals surface area contributed by atoms with Gasteiger partial charge < -0.3 is 11.1 Å². The van der Waals surface area contributed by atoms with Crippen molar-refractivity contribution in [3.63, 3.8) is 0 Å². The van der Waals surface area contributed by atoms with Crippen molar-refractivity contribution in [3.05, 3.63) is 41.5 Å². The highest BCUT2D eigenvalue weighted by Gasteiger charge is 2.30. The third kappa shape index (κ3) is 3.28. The summed E-state index contributed by atoms with van der Waals surface area (Å²) in [5.74, 6) is 0.695. The van der Waals surface area contributed by atoms with Crippen LogP contribution in [0.5, 0.6) is 0 Å². The van der Waals surface area contributed by atoms with Crippen molar-refractivity contribution in [2.45, 2.75) is 25.8 Å². The minimum Gasteiger partial charge on any atom is -0.379 e. The Morgan fingerprint density at radius 3 is 2.88 bits per heavy atom. The zero-order valence-electron chi connectivity index (χ0n) is 13.9. The number of hydrogen-bond acceptors (Lipinski definition) is 6. The summed E-state index contributed by atoms with van der Waals surface area (Å²) in [6, 6.07) is 3.65.